The van der Waals surface area contributed by atoms with Crippen molar-refractivity contribution in [3.05, 3.63) is 41.1 Å². The minimum absolute atomic E-state index is 0.221. The molecular weight excluding hydrogens is 302 g/mol. The summed E-state index contributed by atoms with van der Waals surface area (Å²) in [6.07, 6.45) is 2.29. The Labute approximate surface area is 134 Å². The molecule has 5 nitrogen and oxygen atoms in total. The Morgan fingerprint density at radius 2 is 2.36 bits per heavy atom. The van der Waals surface area contributed by atoms with E-state index in [1.165, 1.54) is 0 Å². The first-order valence-corrected chi connectivity index (χ1v) is 7.82. The first-order chi connectivity index (χ1) is 10.7. The van der Waals surface area contributed by atoms with Gasteiger partial charge in [-0.1, -0.05) is 28.9 Å². The molecule has 116 valence electrons. The highest BCUT2D eigenvalue weighted by molar-refractivity contribution is 6.30. The number of nitrogens with zero attached hydrogens (tertiary/aromatic N) is 1. The lowest BCUT2D eigenvalue weighted by Gasteiger charge is -2.22. The molecule has 0 radical (unpaired) electrons. The lowest BCUT2D eigenvalue weighted by molar-refractivity contribution is 0.0908. The summed E-state index contributed by atoms with van der Waals surface area (Å²) in [5.41, 5.74) is 1.43. The molecule has 0 spiro atoms. The number of amides is 1. The number of rotatable bonds is 4. The number of piperidine rings is 1. The minimum Gasteiger partial charge on any atom is -0.350 e. The number of halogens is 1. The van der Waals surface area contributed by atoms with Crippen LogP contribution in [0.3, 0.4) is 0 Å². The number of carbonyl (C=O) groups is 1. The van der Waals surface area contributed by atoms with Gasteiger partial charge < -0.3 is 15.2 Å². The van der Waals surface area contributed by atoms with Crippen LogP contribution in [0, 0.1) is 5.92 Å². The summed E-state index contributed by atoms with van der Waals surface area (Å²) in [4.78, 5) is 12.1. The van der Waals surface area contributed by atoms with Crippen LogP contribution in [0.5, 0.6) is 0 Å². The Kier molecular flexibility index (Phi) is 4.75. The summed E-state index contributed by atoms with van der Waals surface area (Å²) < 4.78 is 5.14. The average Bonchev–Trinajstić information content (AvgIpc) is 3.04. The number of carbonyl (C=O) groups excluding carboxylic acids is 1. The predicted molar refractivity (Wildman–Crippen MR) is 84.9 cm³/mol. The van der Waals surface area contributed by atoms with Gasteiger partial charge in [0.05, 0.1) is 0 Å². The second-order valence-electron chi connectivity index (χ2n) is 5.51. The molecule has 3 rings (SSSR count). The van der Waals surface area contributed by atoms with Crippen LogP contribution in [-0.2, 0) is 0 Å². The van der Waals surface area contributed by atoms with Crippen LogP contribution < -0.4 is 10.6 Å². The molecule has 2 aromatic rings. The maximum absolute atomic E-state index is 12.1. The molecule has 0 bridgehead atoms. The Balaban J connectivity index is 1.61. The van der Waals surface area contributed by atoms with Gasteiger partial charge in [0.1, 0.15) is 5.69 Å². The largest absolute Gasteiger partial charge is 0.350 e. The van der Waals surface area contributed by atoms with E-state index in [4.69, 9.17) is 16.1 Å². The van der Waals surface area contributed by atoms with Crippen LogP contribution in [-0.4, -0.2) is 30.7 Å². The van der Waals surface area contributed by atoms with Crippen molar-refractivity contribution in [3.63, 3.8) is 0 Å². The molecule has 1 aromatic heterocycles. The van der Waals surface area contributed by atoms with Crippen LogP contribution >= 0.6 is 11.6 Å². The third kappa shape index (κ3) is 3.67. The van der Waals surface area contributed by atoms with E-state index in [-0.39, 0.29) is 11.7 Å². The molecule has 1 saturated heterocycles. The minimum atomic E-state index is -0.230. The molecule has 2 heterocycles. The Morgan fingerprint density at radius 3 is 3.14 bits per heavy atom. The summed E-state index contributed by atoms with van der Waals surface area (Å²) in [5.74, 6) is 0.470. The summed E-state index contributed by atoms with van der Waals surface area (Å²) in [5, 5.41) is 10.8. The fraction of sp³-hybridized carbons (Fsp3) is 0.375. The lowest BCUT2D eigenvalue weighted by Crippen LogP contribution is -2.38. The lowest BCUT2D eigenvalue weighted by atomic mass is 10.00. The topological polar surface area (TPSA) is 67.2 Å². The van der Waals surface area contributed by atoms with Gasteiger partial charge in [0, 0.05) is 23.2 Å². The molecule has 0 aliphatic carbocycles. The fourth-order valence-electron chi connectivity index (χ4n) is 2.59. The quantitative estimate of drug-likeness (QED) is 0.909. The third-order valence-corrected chi connectivity index (χ3v) is 4.04. The average molecular weight is 320 g/mol. The second-order valence-corrected chi connectivity index (χ2v) is 5.95. The highest BCUT2D eigenvalue weighted by Crippen LogP contribution is 2.22. The van der Waals surface area contributed by atoms with E-state index in [0.717, 1.165) is 31.5 Å². The van der Waals surface area contributed by atoms with E-state index in [1.807, 2.05) is 12.1 Å². The number of nitrogens with one attached hydrogen (secondary N) is 2. The fourth-order valence-corrected chi connectivity index (χ4v) is 2.78. The predicted octanol–water partition coefficient (Wildman–Crippen LogP) is 2.72. The highest BCUT2D eigenvalue weighted by Gasteiger charge is 2.17. The van der Waals surface area contributed by atoms with Crippen LogP contribution in [0.25, 0.3) is 11.3 Å². The SMILES string of the molecule is O=C(NCC1CCCNC1)c1cc(-c2cccc(Cl)c2)no1. The van der Waals surface area contributed by atoms with Gasteiger partial charge in [0.2, 0.25) is 5.76 Å². The second kappa shape index (κ2) is 6.94. The maximum atomic E-state index is 12.1. The smallest absolute Gasteiger partial charge is 0.289 e. The molecule has 1 atom stereocenters. The first kappa shape index (κ1) is 15.1. The summed E-state index contributed by atoms with van der Waals surface area (Å²) in [7, 11) is 0. The third-order valence-electron chi connectivity index (χ3n) is 3.80. The van der Waals surface area contributed by atoms with Crippen LogP contribution in [0.1, 0.15) is 23.4 Å². The molecule has 1 aromatic carbocycles. The molecule has 1 unspecified atom stereocenters. The van der Waals surface area contributed by atoms with Crippen LogP contribution in [0.4, 0.5) is 0 Å². The van der Waals surface area contributed by atoms with Crippen molar-refractivity contribution in [2.75, 3.05) is 19.6 Å². The molecule has 1 aliphatic rings. The first-order valence-electron chi connectivity index (χ1n) is 7.44. The van der Waals surface area contributed by atoms with Gasteiger partial charge in [-0.3, -0.25) is 4.79 Å². The Bertz CT molecular complexity index is 650. The molecule has 1 fully saturated rings. The van der Waals surface area contributed by atoms with Crippen LogP contribution in [0.2, 0.25) is 5.02 Å². The van der Waals surface area contributed by atoms with Gasteiger partial charge in [0.25, 0.3) is 5.91 Å². The Hall–Kier alpha value is -1.85. The Morgan fingerprint density at radius 1 is 1.45 bits per heavy atom. The molecule has 1 amide bonds. The van der Waals surface area contributed by atoms with Gasteiger partial charge in [0.15, 0.2) is 0 Å². The van der Waals surface area contributed by atoms with Crippen molar-refractivity contribution in [2.45, 2.75) is 12.8 Å². The van der Waals surface area contributed by atoms with Crippen molar-refractivity contribution < 1.29 is 9.32 Å². The van der Waals surface area contributed by atoms with Crippen molar-refractivity contribution in [3.8, 4) is 11.3 Å². The number of aromatic nitrogens is 1. The molecule has 22 heavy (non-hydrogen) atoms. The van der Waals surface area contributed by atoms with Crippen molar-refractivity contribution in [2.24, 2.45) is 5.92 Å². The van der Waals surface area contributed by atoms with E-state index < -0.39 is 0 Å². The van der Waals surface area contributed by atoms with E-state index in [9.17, 15) is 4.79 Å². The molecule has 1 aliphatic heterocycles. The molecule has 0 saturated carbocycles. The van der Waals surface area contributed by atoms with E-state index in [1.54, 1.807) is 18.2 Å². The van der Waals surface area contributed by atoms with E-state index in [2.05, 4.69) is 15.8 Å². The number of benzene rings is 1. The zero-order valence-corrected chi connectivity index (χ0v) is 12.9. The van der Waals surface area contributed by atoms with Crippen molar-refractivity contribution >= 4 is 17.5 Å². The zero-order valence-electron chi connectivity index (χ0n) is 12.1. The summed E-state index contributed by atoms with van der Waals surface area (Å²) in [6.45, 7) is 2.67. The van der Waals surface area contributed by atoms with Gasteiger partial charge in [-0.25, -0.2) is 0 Å². The molecule has 2 N–H and O–H groups in total. The molecular formula is C16H18ClN3O2. The summed E-state index contributed by atoms with van der Waals surface area (Å²) >= 11 is 5.96. The van der Waals surface area contributed by atoms with Crippen LogP contribution in [0.15, 0.2) is 34.9 Å². The van der Waals surface area contributed by atoms with Crippen molar-refractivity contribution in [1.82, 2.24) is 15.8 Å². The maximum Gasteiger partial charge on any atom is 0.289 e. The van der Waals surface area contributed by atoms with E-state index >= 15 is 0 Å². The van der Waals surface area contributed by atoms with Crippen molar-refractivity contribution in [1.29, 1.82) is 0 Å². The van der Waals surface area contributed by atoms with Gasteiger partial charge in [-0.05, 0) is 44.0 Å². The standard InChI is InChI=1S/C16H18ClN3O2/c17-13-5-1-4-12(7-13)14-8-15(22-20-14)16(21)19-10-11-3-2-6-18-9-11/h1,4-5,7-8,11,18H,2-3,6,9-10H2,(H,19,21). The monoisotopic (exact) mass is 319 g/mol. The van der Waals surface area contributed by atoms with Gasteiger partial charge in [-0.15, -0.1) is 0 Å². The van der Waals surface area contributed by atoms with Gasteiger partial charge >= 0.3 is 0 Å². The summed E-state index contributed by atoms with van der Waals surface area (Å²) in [6, 6.07) is 8.92. The zero-order chi connectivity index (χ0) is 15.4. The number of hydrogen-bond acceptors (Lipinski definition) is 4. The molecule has 6 heteroatoms. The van der Waals surface area contributed by atoms with E-state index in [0.29, 0.717) is 23.2 Å². The highest BCUT2D eigenvalue weighted by atomic mass is 35.5. The number of hydrogen-bond donors (Lipinski definition) is 2. The van der Waals surface area contributed by atoms with Gasteiger partial charge in [-0.2, -0.15) is 0 Å². The normalized spacial score (nSPS) is 18.1.